The van der Waals surface area contributed by atoms with Gasteiger partial charge in [-0.25, -0.2) is 0 Å². The Bertz CT molecular complexity index is 220. The fourth-order valence-corrected chi connectivity index (χ4v) is 1.60. The second-order valence-electron chi connectivity index (χ2n) is 2.38. The van der Waals surface area contributed by atoms with Gasteiger partial charge in [0.1, 0.15) is 0 Å². The van der Waals surface area contributed by atoms with Gasteiger partial charge in [0, 0.05) is 0 Å². The first-order valence-corrected chi connectivity index (χ1v) is 4.11. The van der Waals surface area contributed by atoms with Gasteiger partial charge in [0.25, 0.3) is 0 Å². The zero-order chi connectivity index (χ0) is 7.56. The maximum absolute atomic E-state index is 2.57. The molecular formula is C8H10AsN. The molecule has 0 N–H and O–H groups in total. The van der Waals surface area contributed by atoms with Crippen molar-refractivity contribution >= 4 is 26.9 Å². The third kappa shape index (κ3) is 1.54. The van der Waals surface area contributed by atoms with Crippen LogP contribution in [0.5, 0.6) is 0 Å². The third-order valence-corrected chi connectivity index (χ3v) is 2.16. The minimum absolute atomic E-state index is 1.26. The van der Waals surface area contributed by atoms with Crippen LogP contribution in [-0.4, -0.2) is 30.9 Å². The van der Waals surface area contributed by atoms with Crippen molar-refractivity contribution in [3.63, 3.8) is 0 Å². The predicted molar refractivity (Wildman–Crippen MR) is 46.2 cm³/mol. The summed E-state index contributed by atoms with van der Waals surface area (Å²) in [6.45, 7) is 0. The van der Waals surface area contributed by atoms with Gasteiger partial charge >= 0.3 is 70.2 Å². The van der Waals surface area contributed by atoms with Crippen molar-refractivity contribution < 1.29 is 0 Å². The summed E-state index contributed by atoms with van der Waals surface area (Å²) in [5, 5.41) is 0. The molecule has 10 heavy (non-hydrogen) atoms. The molecule has 0 atom stereocenters. The predicted octanol–water partition coefficient (Wildman–Crippen LogP) is 0.546. The molecule has 0 heterocycles. The molecule has 2 radical (unpaired) electrons. The topological polar surface area (TPSA) is 3.24 Å². The van der Waals surface area contributed by atoms with Crippen LogP contribution in [0.15, 0.2) is 24.3 Å². The van der Waals surface area contributed by atoms with Gasteiger partial charge in [-0.15, -0.1) is 0 Å². The second kappa shape index (κ2) is 3.11. The standard InChI is InChI=1S/C8H10AsN/c1-10(2)8-6-4-3-5-7(8)9/h3-6H,1-2H3. The van der Waals surface area contributed by atoms with Crippen LogP contribution in [0, 0.1) is 0 Å². The molecule has 0 amide bonds. The minimum atomic E-state index is 1.26. The first-order chi connectivity index (χ1) is 4.72. The van der Waals surface area contributed by atoms with Gasteiger partial charge in [-0.3, -0.25) is 0 Å². The van der Waals surface area contributed by atoms with Gasteiger partial charge in [0.2, 0.25) is 0 Å². The zero-order valence-corrected chi connectivity index (χ0v) is 8.08. The van der Waals surface area contributed by atoms with E-state index in [-0.39, 0.29) is 0 Å². The second-order valence-corrected chi connectivity index (χ2v) is 3.39. The number of nitrogens with zero attached hydrogens (tertiary/aromatic N) is 1. The Labute approximate surface area is 70.5 Å². The SMILES string of the molecule is CN(C)c1ccccc1[As]. The summed E-state index contributed by atoms with van der Waals surface area (Å²) in [4.78, 5) is 2.10. The molecule has 0 bridgehead atoms. The van der Waals surface area contributed by atoms with E-state index in [1.807, 2.05) is 26.2 Å². The first kappa shape index (κ1) is 7.68. The Hall–Kier alpha value is -0.422. The van der Waals surface area contributed by atoms with E-state index in [0.29, 0.717) is 0 Å². The zero-order valence-electron chi connectivity index (χ0n) is 6.20. The molecule has 0 unspecified atom stereocenters. The summed E-state index contributed by atoms with van der Waals surface area (Å²) in [5.41, 5.74) is 1.27. The Morgan fingerprint density at radius 1 is 1.20 bits per heavy atom. The van der Waals surface area contributed by atoms with E-state index in [9.17, 15) is 0 Å². The molecular weight excluding hydrogens is 185 g/mol. The van der Waals surface area contributed by atoms with Crippen molar-refractivity contribution in [1.82, 2.24) is 0 Å². The number of hydrogen-bond donors (Lipinski definition) is 0. The molecule has 0 aromatic heterocycles. The molecule has 0 aliphatic heterocycles. The van der Waals surface area contributed by atoms with Crippen molar-refractivity contribution in [2.75, 3.05) is 19.0 Å². The quantitative estimate of drug-likeness (QED) is 0.591. The average molecular weight is 195 g/mol. The van der Waals surface area contributed by atoms with E-state index >= 15 is 0 Å². The van der Waals surface area contributed by atoms with Crippen LogP contribution in [0.4, 0.5) is 5.69 Å². The molecule has 0 aliphatic carbocycles. The van der Waals surface area contributed by atoms with E-state index < -0.39 is 0 Å². The van der Waals surface area contributed by atoms with Gasteiger partial charge in [-0.2, -0.15) is 0 Å². The molecule has 1 nitrogen and oxygen atoms in total. The Morgan fingerprint density at radius 2 is 1.80 bits per heavy atom. The average Bonchev–Trinajstić information content (AvgIpc) is 1.88. The van der Waals surface area contributed by atoms with Crippen LogP contribution in [0.1, 0.15) is 0 Å². The normalized spacial score (nSPS) is 9.50. The van der Waals surface area contributed by atoms with Crippen LogP contribution >= 0.6 is 0 Å². The van der Waals surface area contributed by atoms with Crippen LogP contribution in [0.3, 0.4) is 0 Å². The van der Waals surface area contributed by atoms with E-state index in [2.05, 4.69) is 33.9 Å². The number of rotatable bonds is 1. The van der Waals surface area contributed by atoms with Gasteiger partial charge in [-0.05, 0) is 0 Å². The molecule has 1 aromatic carbocycles. The number of anilines is 1. The van der Waals surface area contributed by atoms with Gasteiger partial charge in [0.15, 0.2) is 0 Å². The van der Waals surface area contributed by atoms with Crippen LogP contribution in [0.25, 0.3) is 0 Å². The van der Waals surface area contributed by atoms with E-state index in [0.717, 1.165) is 0 Å². The summed E-state index contributed by atoms with van der Waals surface area (Å²) in [7, 11) is 4.10. The van der Waals surface area contributed by atoms with E-state index in [1.54, 1.807) is 0 Å². The molecule has 2 heteroatoms. The van der Waals surface area contributed by atoms with Crippen molar-refractivity contribution in [3.8, 4) is 0 Å². The van der Waals surface area contributed by atoms with E-state index in [1.165, 1.54) is 10.0 Å². The fraction of sp³-hybridized carbons (Fsp3) is 0.250. The molecule has 0 spiro atoms. The Kier molecular flexibility index (Phi) is 2.39. The molecule has 52 valence electrons. The summed E-state index contributed by atoms with van der Waals surface area (Å²) in [6, 6.07) is 8.29. The van der Waals surface area contributed by atoms with Gasteiger partial charge in [0.05, 0.1) is 0 Å². The van der Waals surface area contributed by atoms with Crippen molar-refractivity contribution in [2.45, 2.75) is 0 Å². The van der Waals surface area contributed by atoms with Crippen molar-refractivity contribution in [1.29, 1.82) is 0 Å². The summed E-state index contributed by atoms with van der Waals surface area (Å²) in [5.74, 6) is 0. The molecule has 1 aromatic rings. The molecule has 0 saturated heterocycles. The number of benzene rings is 1. The van der Waals surface area contributed by atoms with Crippen molar-refractivity contribution in [3.05, 3.63) is 24.3 Å². The monoisotopic (exact) mass is 195 g/mol. The maximum atomic E-state index is 2.57. The molecule has 0 aliphatic rings. The Morgan fingerprint density at radius 3 is 2.20 bits per heavy atom. The summed E-state index contributed by atoms with van der Waals surface area (Å²) >= 11 is 2.57. The van der Waals surface area contributed by atoms with Gasteiger partial charge < -0.3 is 0 Å². The van der Waals surface area contributed by atoms with Crippen molar-refractivity contribution in [2.24, 2.45) is 0 Å². The summed E-state index contributed by atoms with van der Waals surface area (Å²) < 4.78 is 1.26. The molecule has 0 fully saturated rings. The van der Waals surface area contributed by atoms with Gasteiger partial charge in [-0.1, -0.05) is 0 Å². The molecule has 1 rings (SSSR count). The fourth-order valence-electron chi connectivity index (χ4n) is 0.842. The van der Waals surface area contributed by atoms with Crippen LogP contribution in [0.2, 0.25) is 0 Å². The molecule has 0 saturated carbocycles. The van der Waals surface area contributed by atoms with Crippen LogP contribution < -0.4 is 9.25 Å². The first-order valence-electron chi connectivity index (χ1n) is 3.17. The third-order valence-electron chi connectivity index (χ3n) is 1.36. The van der Waals surface area contributed by atoms with Crippen LogP contribution in [-0.2, 0) is 0 Å². The van der Waals surface area contributed by atoms with E-state index in [4.69, 9.17) is 0 Å². The Balaban J connectivity index is 3.03. The number of para-hydroxylation sites is 1. The summed E-state index contributed by atoms with van der Waals surface area (Å²) in [6.07, 6.45) is 0. The number of hydrogen-bond acceptors (Lipinski definition) is 1.